The van der Waals surface area contributed by atoms with Gasteiger partial charge in [-0.15, -0.1) is 0 Å². The molecule has 1 aromatic carbocycles. The first kappa shape index (κ1) is 14.9. The maximum atomic E-state index is 12.8. The Kier molecular flexibility index (Phi) is 3.82. The number of benzene rings is 1. The highest BCUT2D eigenvalue weighted by Crippen LogP contribution is 2.37. The summed E-state index contributed by atoms with van der Waals surface area (Å²) in [6.07, 6.45) is 1.22. The molecule has 4 nitrogen and oxygen atoms in total. The fourth-order valence-electron chi connectivity index (χ4n) is 2.51. The molecule has 22 heavy (non-hydrogen) atoms. The van der Waals surface area contributed by atoms with E-state index in [0.29, 0.717) is 12.2 Å². The Labute approximate surface area is 125 Å². The summed E-state index contributed by atoms with van der Waals surface area (Å²) >= 11 is 0. The number of halogens is 3. The van der Waals surface area contributed by atoms with Crippen LogP contribution in [-0.2, 0) is 10.9 Å². The largest absolute Gasteiger partial charge is 0.507 e. The average molecular weight is 312 g/mol. The molecule has 7 heteroatoms. The van der Waals surface area contributed by atoms with Gasteiger partial charge in [-0.25, -0.2) is 4.68 Å². The van der Waals surface area contributed by atoms with Gasteiger partial charge in [0.05, 0.1) is 11.8 Å². The Morgan fingerprint density at radius 2 is 2.09 bits per heavy atom. The molecular formula is C15H15F3N2O2. The average Bonchev–Trinajstić information content (AvgIpc) is 2.97. The van der Waals surface area contributed by atoms with Crippen LogP contribution >= 0.6 is 0 Å². The van der Waals surface area contributed by atoms with Gasteiger partial charge < -0.3 is 9.84 Å². The lowest BCUT2D eigenvalue weighted by molar-refractivity contribution is -0.137. The minimum absolute atomic E-state index is 0.108. The van der Waals surface area contributed by atoms with Gasteiger partial charge >= 0.3 is 6.18 Å². The summed E-state index contributed by atoms with van der Waals surface area (Å²) in [5.41, 5.74) is -0.267. The zero-order valence-corrected chi connectivity index (χ0v) is 11.7. The van der Waals surface area contributed by atoms with Gasteiger partial charge in [0.1, 0.15) is 12.0 Å². The van der Waals surface area contributed by atoms with Crippen molar-refractivity contribution >= 4 is 0 Å². The topological polar surface area (TPSA) is 47.3 Å². The second kappa shape index (κ2) is 5.64. The van der Waals surface area contributed by atoms with E-state index >= 15 is 0 Å². The van der Waals surface area contributed by atoms with Crippen LogP contribution in [0, 0.1) is 0 Å². The van der Waals surface area contributed by atoms with Crippen LogP contribution in [0.3, 0.4) is 0 Å². The summed E-state index contributed by atoms with van der Waals surface area (Å²) in [4.78, 5) is 0. The highest BCUT2D eigenvalue weighted by atomic mass is 19.4. The molecule has 1 unspecified atom stereocenters. The Balaban J connectivity index is 1.92. The van der Waals surface area contributed by atoms with Crippen LogP contribution in [0.2, 0.25) is 0 Å². The highest BCUT2D eigenvalue weighted by molar-refractivity contribution is 5.69. The minimum atomic E-state index is -4.45. The molecule has 3 rings (SSSR count). The number of phenolic OH excluding ortho intramolecular Hbond substituents is 1. The monoisotopic (exact) mass is 312 g/mol. The van der Waals surface area contributed by atoms with E-state index in [0.717, 1.165) is 37.5 Å². The third-order valence-electron chi connectivity index (χ3n) is 3.69. The van der Waals surface area contributed by atoms with Crippen LogP contribution in [0.1, 0.15) is 31.1 Å². The zero-order valence-electron chi connectivity index (χ0n) is 11.7. The van der Waals surface area contributed by atoms with Crippen molar-refractivity contribution in [1.29, 1.82) is 0 Å². The maximum Gasteiger partial charge on any atom is 0.416 e. The molecule has 0 bridgehead atoms. The van der Waals surface area contributed by atoms with Crippen LogP contribution in [-0.4, -0.2) is 21.5 Å². The fourth-order valence-corrected chi connectivity index (χ4v) is 2.51. The number of nitrogens with zero attached hydrogens (tertiary/aromatic N) is 2. The Morgan fingerprint density at radius 1 is 1.27 bits per heavy atom. The summed E-state index contributed by atoms with van der Waals surface area (Å²) in [5.74, 6) is -0.211. The SMILES string of the molecule is Oc1ccc(C(F)(F)F)cc1-c1cnn(C2CCCCO2)c1. The molecule has 1 N–H and O–H groups in total. The van der Waals surface area contributed by atoms with Gasteiger partial charge in [0.15, 0.2) is 0 Å². The van der Waals surface area contributed by atoms with Crippen molar-refractivity contribution in [3.63, 3.8) is 0 Å². The van der Waals surface area contributed by atoms with E-state index in [1.54, 1.807) is 10.9 Å². The van der Waals surface area contributed by atoms with Crippen molar-refractivity contribution in [2.24, 2.45) is 0 Å². The van der Waals surface area contributed by atoms with Gasteiger partial charge in [0.25, 0.3) is 0 Å². The molecule has 2 heterocycles. The van der Waals surface area contributed by atoms with Crippen LogP contribution in [0.5, 0.6) is 5.75 Å². The smallest absolute Gasteiger partial charge is 0.416 e. The minimum Gasteiger partial charge on any atom is -0.507 e. The van der Waals surface area contributed by atoms with Gasteiger partial charge in [-0.3, -0.25) is 0 Å². The molecule has 0 amide bonds. The van der Waals surface area contributed by atoms with Gasteiger partial charge in [-0.1, -0.05) is 0 Å². The number of phenols is 1. The molecule has 0 spiro atoms. The molecule has 0 aliphatic carbocycles. The molecule has 0 saturated carbocycles. The van der Waals surface area contributed by atoms with Crippen molar-refractivity contribution in [2.45, 2.75) is 31.7 Å². The third-order valence-corrected chi connectivity index (χ3v) is 3.69. The van der Waals surface area contributed by atoms with E-state index in [4.69, 9.17) is 4.74 Å². The van der Waals surface area contributed by atoms with E-state index in [9.17, 15) is 18.3 Å². The second-order valence-corrected chi connectivity index (χ2v) is 5.26. The van der Waals surface area contributed by atoms with E-state index in [1.807, 2.05) is 0 Å². The lowest BCUT2D eigenvalue weighted by atomic mass is 10.0. The fraction of sp³-hybridized carbons (Fsp3) is 0.400. The summed E-state index contributed by atoms with van der Waals surface area (Å²) in [6.45, 7) is 0.647. The normalized spacial score (nSPS) is 19.3. The molecule has 118 valence electrons. The first-order chi connectivity index (χ1) is 10.4. The Morgan fingerprint density at radius 3 is 2.77 bits per heavy atom. The van der Waals surface area contributed by atoms with E-state index in [2.05, 4.69) is 5.10 Å². The van der Waals surface area contributed by atoms with Gasteiger partial charge in [0, 0.05) is 23.9 Å². The van der Waals surface area contributed by atoms with Crippen molar-refractivity contribution in [3.8, 4) is 16.9 Å². The first-order valence-electron chi connectivity index (χ1n) is 7.01. The van der Waals surface area contributed by atoms with Crippen LogP contribution in [0.25, 0.3) is 11.1 Å². The van der Waals surface area contributed by atoms with Crippen LogP contribution in [0.4, 0.5) is 13.2 Å². The zero-order chi connectivity index (χ0) is 15.7. The molecule has 1 atom stereocenters. The van der Waals surface area contributed by atoms with Crippen molar-refractivity contribution in [2.75, 3.05) is 6.61 Å². The van der Waals surface area contributed by atoms with Crippen molar-refractivity contribution in [1.82, 2.24) is 9.78 Å². The molecule has 1 saturated heterocycles. The summed E-state index contributed by atoms with van der Waals surface area (Å²) in [7, 11) is 0. The number of hydrogen-bond acceptors (Lipinski definition) is 3. The highest BCUT2D eigenvalue weighted by Gasteiger charge is 2.31. The van der Waals surface area contributed by atoms with Gasteiger partial charge in [-0.2, -0.15) is 18.3 Å². The predicted octanol–water partition coefficient (Wildman–Crippen LogP) is 3.97. The maximum absolute atomic E-state index is 12.8. The number of rotatable bonds is 2. The Hall–Kier alpha value is -2.02. The van der Waals surface area contributed by atoms with E-state index in [1.165, 1.54) is 6.20 Å². The number of aromatic hydroxyl groups is 1. The summed E-state index contributed by atoms with van der Waals surface area (Å²) in [6, 6.07) is 2.83. The quantitative estimate of drug-likeness (QED) is 0.912. The van der Waals surface area contributed by atoms with Crippen molar-refractivity contribution < 1.29 is 23.0 Å². The lowest BCUT2D eigenvalue weighted by Crippen LogP contribution is -2.18. The number of aromatic nitrogens is 2. The predicted molar refractivity (Wildman–Crippen MR) is 73.2 cm³/mol. The molecule has 2 aromatic rings. The molecular weight excluding hydrogens is 297 g/mol. The van der Waals surface area contributed by atoms with E-state index in [-0.39, 0.29) is 17.5 Å². The first-order valence-corrected chi connectivity index (χ1v) is 7.01. The second-order valence-electron chi connectivity index (χ2n) is 5.26. The lowest BCUT2D eigenvalue weighted by Gasteiger charge is -2.22. The standard InChI is InChI=1S/C15H15F3N2O2/c16-15(17,18)11-4-5-13(21)12(7-11)10-8-19-20(9-10)14-3-1-2-6-22-14/h4-5,7-9,14,21H,1-3,6H2. The third kappa shape index (κ3) is 2.94. The molecule has 1 aliphatic rings. The number of alkyl halides is 3. The molecule has 0 radical (unpaired) electrons. The Bertz CT molecular complexity index is 661. The number of ether oxygens (including phenoxy) is 1. The van der Waals surface area contributed by atoms with Crippen LogP contribution in [0.15, 0.2) is 30.6 Å². The van der Waals surface area contributed by atoms with Gasteiger partial charge in [0.2, 0.25) is 0 Å². The van der Waals surface area contributed by atoms with E-state index < -0.39 is 11.7 Å². The van der Waals surface area contributed by atoms with Gasteiger partial charge in [-0.05, 0) is 37.5 Å². The molecule has 1 fully saturated rings. The van der Waals surface area contributed by atoms with Crippen LogP contribution < -0.4 is 0 Å². The van der Waals surface area contributed by atoms with Crippen molar-refractivity contribution in [3.05, 3.63) is 36.2 Å². The molecule has 1 aliphatic heterocycles. The number of hydrogen-bond donors (Lipinski definition) is 1. The summed E-state index contributed by atoms with van der Waals surface area (Å²) < 4.78 is 45.5. The molecule has 1 aromatic heterocycles. The summed E-state index contributed by atoms with van der Waals surface area (Å²) in [5, 5.41) is 14.0.